The van der Waals surface area contributed by atoms with Crippen molar-refractivity contribution in [1.29, 1.82) is 5.26 Å². The van der Waals surface area contributed by atoms with E-state index < -0.39 is 5.82 Å². The SMILES string of the molecule is N#CCc1ccc2c(c1F)OCCO2. The topological polar surface area (TPSA) is 42.2 Å². The number of ether oxygens (including phenoxy) is 2. The smallest absolute Gasteiger partial charge is 0.197 e. The summed E-state index contributed by atoms with van der Waals surface area (Å²) in [6, 6.07) is 5.07. The molecule has 0 fully saturated rings. The standard InChI is InChI=1S/C10H8FNO2/c11-9-7(3-4-12)1-2-8-10(9)14-6-5-13-8/h1-2H,3,5-6H2. The van der Waals surface area contributed by atoms with Crippen molar-refractivity contribution in [2.24, 2.45) is 0 Å². The van der Waals surface area contributed by atoms with Crippen LogP contribution in [-0.4, -0.2) is 13.2 Å². The molecule has 1 aliphatic rings. The van der Waals surface area contributed by atoms with E-state index in [2.05, 4.69) is 0 Å². The number of hydrogen-bond donors (Lipinski definition) is 0. The molecular formula is C10H8FNO2. The van der Waals surface area contributed by atoms with Gasteiger partial charge in [0.15, 0.2) is 17.3 Å². The highest BCUT2D eigenvalue weighted by molar-refractivity contribution is 5.45. The van der Waals surface area contributed by atoms with Gasteiger partial charge < -0.3 is 9.47 Å². The van der Waals surface area contributed by atoms with Crippen molar-refractivity contribution < 1.29 is 13.9 Å². The van der Waals surface area contributed by atoms with Crippen LogP contribution in [0.25, 0.3) is 0 Å². The lowest BCUT2D eigenvalue weighted by Gasteiger charge is -2.19. The summed E-state index contributed by atoms with van der Waals surface area (Å²) in [6.07, 6.45) is 0.0441. The van der Waals surface area contributed by atoms with Crippen molar-refractivity contribution in [3.05, 3.63) is 23.5 Å². The van der Waals surface area contributed by atoms with Gasteiger partial charge in [0, 0.05) is 5.56 Å². The molecule has 0 bridgehead atoms. The molecule has 2 rings (SSSR count). The molecule has 0 unspecified atom stereocenters. The van der Waals surface area contributed by atoms with Crippen molar-refractivity contribution in [3.8, 4) is 17.6 Å². The Hall–Kier alpha value is -1.76. The van der Waals surface area contributed by atoms with E-state index in [9.17, 15) is 4.39 Å². The Kier molecular flexibility index (Phi) is 2.23. The summed E-state index contributed by atoms with van der Waals surface area (Å²) in [5, 5.41) is 8.46. The highest BCUT2D eigenvalue weighted by Gasteiger charge is 2.18. The number of benzene rings is 1. The molecule has 0 aromatic heterocycles. The highest BCUT2D eigenvalue weighted by Crippen LogP contribution is 2.34. The molecule has 0 aliphatic carbocycles. The van der Waals surface area contributed by atoms with Crippen molar-refractivity contribution in [3.63, 3.8) is 0 Å². The molecule has 0 spiro atoms. The molecule has 14 heavy (non-hydrogen) atoms. The maximum atomic E-state index is 13.6. The third-order valence-corrected chi connectivity index (χ3v) is 2.00. The molecule has 0 amide bonds. The largest absolute Gasteiger partial charge is 0.486 e. The van der Waals surface area contributed by atoms with Crippen LogP contribution in [0.3, 0.4) is 0 Å². The summed E-state index contributed by atoms with van der Waals surface area (Å²) >= 11 is 0. The molecule has 1 aromatic rings. The Morgan fingerprint density at radius 2 is 2.14 bits per heavy atom. The Labute approximate surface area is 80.7 Å². The van der Waals surface area contributed by atoms with E-state index in [0.29, 0.717) is 24.5 Å². The van der Waals surface area contributed by atoms with Gasteiger partial charge in [-0.1, -0.05) is 6.07 Å². The fraction of sp³-hybridized carbons (Fsp3) is 0.300. The van der Waals surface area contributed by atoms with Gasteiger partial charge in [-0.2, -0.15) is 5.26 Å². The van der Waals surface area contributed by atoms with E-state index in [1.165, 1.54) is 0 Å². The fourth-order valence-corrected chi connectivity index (χ4v) is 1.34. The number of rotatable bonds is 1. The summed E-state index contributed by atoms with van der Waals surface area (Å²) in [7, 11) is 0. The van der Waals surface area contributed by atoms with Gasteiger partial charge in [-0.25, -0.2) is 4.39 Å². The third-order valence-electron chi connectivity index (χ3n) is 2.00. The van der Waals surface area contributed by atoms with Gasteiger partial charge in [-0.3, -0.25) is 0 Å². The predicted molar refractivity (Wildman–Crippen MR) is 46.7 cm³/mol. The van der Waals surface area contributed by atoms with E-state index >= 15 is 0 Å². The van der Waals surface area contributed by atoms with Crippen LogP contribution < -0.4 is 9.47 Å². The zero-order valence-corrected chi connectivity index (χ0v) is 7.42. The van der Waals surface area contributed by atoms with Crippen LogP contribution in [-0.2, 0) is 6.42 Å². The molecule has 0 radical (unpaired) electrons. The Bertz CT molecular complexity index is 398. The van der Waals surface area contributed by atoms with Crippen molar-refractivity contribution in [1.82, 2.24) is 0 Å². The van der Waals surface area contributed by atoms with Crippen LogP contribution in [0, 0.1) is 17.1 Å². The van der Waals surface area contributed by atoms with E-state index in [4.69, 9.17) is 14.7 Å². The van der Waals surface area contributed by atoms with E-state index in [0.717, 1.165) is 0 Å². The minimum absolute atomic E-state index is 0.0441. The van der Waals surface area contributed by atoms with Crippen LogP contribution >= 0.6 is 0 Å². The number of hydrogen-bond acceptors (Lipinski definition) is 3. The van der Waals surface area contributed by atoms with E-state index in [1.54, 1.807) is 12.1 Å². The van der Waals surface area contributed by atoms with Gasteiger partial charge in [0.25, 0.3) is 0 Å². The van der Waals surface area contributed by atoms with Crippen LogP contribution in [0.4, 0.5) is 4.39 Å². The van der Waals surface area contributed by atoms with Crippen LogP contribution in [0.5, 0.6) is 11.5 Å². The quantitative estimate of drug-likeness (QED) is 0.681. The second-order valence-corrected chi connectivity index (χ2v) is 2.90. The number of nitrogens with zero attached hydrogens (tertiary/aromatic N) is 1. The van der Waals surface area contributed by atoms with Gasteiger partial charge in [0.2, 0.25) is 0 Å². The molecule has 0 N–H and O–H groups in total. The van der Waals surface area contributed by atoms with Crippen molar-refractivity contribution in [2.75, 3.05) is 13.2 Å². The summed E-state index contributed by atoms with van der Waals surface area (Å²) in [6.45, 7) is 0.782. The molecule has 0 saturated heterocycles. The first-order valence-electron chi connectivity index (χ1n) is 4.27. The van der Waals surface area contributed by atoms with Crippen LogP contribution in [0.1, 0.15) is 5.56 Å². The zero-order chi connectivity index (χ0) is 9.97. The maximum absolute atomic E-state index is 13.6. The lowest BCUT2D eigenvalue weighted by molar-refractivity contribution is 0.164. The van der Waals surface area contributed by atoms with E-state index in [-0.39, 0.29) is 12.2 Å². The molecule has 1 aromatic carbocycles. The zero-order valence-electron chi connectivity index (χ0n) is 7.42. The average Bonchev–Trinajstić information content (AvgIpc) is 2.23. The first-order chi connectivity index (χ1) is 6.83. The lowest BCUT2D eigenvalue weighted by atomic mass is 10.1. The normalized spacial score (nSPS) is 13.4. The Morgan fingerprint density at radius 1 is 1.36 bits per heavy atom. The van der Waals surface area contributed by atoms with Crippen molar-refractivity contribution in [2.45, 2.75) is 6.42 Å². The third kappa shape index (κ3) is 1.37. The van der Waals surface area contributed by atoms with Gasteiger partial charge in [0.1, 0.15) is 13.2 Å². The maximum Gasteiger partial charge on any atom is 0.197 e. The van der Waals surface area contributed by atoms with Gasteiger partial charge in [-0.05, 0) is 6.07 Å². The molecule has 1 aliphatic heterocycles. The van der Waals surface area contributed by atoms with Crippen LogP contribution in [0.15, 0.2) is 12.1 Å². The molecule has 4 heteroatoms. The summed E-state index contributed by atoms with van der Waals surface area (Å²) < 4.78 is 23.9. The van der Waals surface area contributed by atoms with Gasteiger partial charge in [0.05, 0.1) is 12.5 Å². The molecule has 1 heterocycles. The molecule has 0 atom stereocenters. The highest BCUT2D eigenvalue weighted by atomic mass is 19.1. The summed E-state index contributed by atoms with van der Waals surface area (Å²) in [5.74, 6) is 0.0585. The Morgan fingerprint density at radius 3 is 2.93 bits per heavy atom. The predicted octanol–water partition coefficient (Wildman–Crippen LogP) is 1.66. The summed E-state index contributed by atoms with van der Waals surface area (Å²) in [4.78, 5) is 0. The Balaban J connectivity index is 2.44. The molecular weight excluding hydrogens is 185 g/mol. The van der Waals surface area contributed by atoms with E-state index in [1.807, 2.05) is 6.07 Å². The fourth-order valence-electron chi connectivity index (χ4n) is 1.34. The first-order valence-corrected chi connectivity index (χ1v) is 4.27. The average molecular weight is 193 g/mol. The second-order valence-electron chi connectivity index (χ2n) is 2.90. The molecule has 72 valence electrons. The lowest BCUT2D eigenvalue weighted by Crippen LogP contribution is -2.16. The number of fused-ring (bicyclic) bond motifs is 1. The minimum atomic E-state index is -0.483. The van der Waals surface area contributed by atoms with Gasteiger partial charge >= 0.3 is 0 Å². The molecule has 3 nitrogen and oxygen atoms in total. The first kappa shape index (κ1) is 8.82. The number of nitriles is 1. The van der Waals surface area contributed by atoms with Crippen LogP contribution in [0.2, 0.25) is 0 Å². The van der Waals surface area contributed by atoms with Crippen molar-refractivity contribution >= 4 is 0 Å². The van der Waals surface area contributed by atoms with Gasteiger partial charge in [-0.15, -0.1) is 0 Å². The second kappa shape index (κ2) is 3.54. The minimum Gasteiger partial charge on any atom is -0.486 e. The monoisotopic (exact) mass is 193 g/mol. The number of halogens is 1. The summed E-state index contributed by atoms with van der Waals surface area (Å²) in [5.41, 5.74) is 0.344. The molecule has 0 saturated carbocycles.